The van der Waals surface area contributed by atoms with Gasteiger partial charge in [-0.1, -0.05) is 0 Å². The van der Waals surface area contributed by atoms with E-state index in [0.717, 1.165) is 11.4 Å². The minimum atomic E-state index is 0.748. The second-order valence-corrected chi connectivity index (χ2v) is 1.96. The number of hydrogen-bond donors (Lipinski definition) is 1. The third kappa shape index (κ3) is 1.07. The maximum Gasteiger partial charge on any atom is 0.135 e. The predicted molar refractivity (Wildman–Crippen MR) is 41.7 cm³/mol. The van der Waals surface area contributed by atoms with Gasteiger partial charge in [0.2, 0.25) is 0 Å². The smallest absolute Gasteiger partial charge is 0.135 e. The molecule has 0 atom stereocenters. The van der Waals surface area contributed by atoms with Gasteiger partial charge in [0, 0.05) is 0 Å². The molecule has 1 aromatic heterocycles. The first-order chi connectivity index (χ1) is 5.47. The summed E-state index contributed by atoms with van der Waals surface area (Å²) in [6, 6.07) is 0. The number of nitrogens with zero attached hydrogens (tertiary/aromatic N) is 4. The van der Waals surface area contributed by atoms with E-state index >= 15 is 0 Å². The van der Waals surface area contributed by atoms with Crippen LogP contribution in [0.4, 0.5) is 5.69 Å². The Labute approximate surface area is 62.9 Å². The minimum Gasteiger partial charge on any atom is -0.273 e. The van der Waals surface area contributed by atoms with Crippen molar-refractivity contribution in [2.75, 3.05) is 5.43 Å². The molecule has 0 aliphatic carbocycles. The molecule has 0 amide bonds. The molecular formula is C6H5N5. The van der Waals surface area contributed by atoms with Crippen molar-refractivity contribution in [2.24, 2.45) is 10.1 Å². The van der Waals surface area contributed by atoms with Gasteiger partial charge in [-0.3, -0.25) is 5.43 Å². The first-order valence-electron chi connectivity index (χ1n) is 3.07. The molecule has 0 saturated heterocycles. The highest BCUT2D eigenvalue weighted by atomic mass is 15.3. The Morgan fingerprint density at radius 2 is 2.36 bits per heavy atom. The standard InChI is InChI=1S/C6H5N5/c1-5-6(2-7-3-9-5)11-10-4-8-1/h1-4,11H. The van der Waals surface area contributed by atoms with Crippen molar-refractivity contribution in [2.45, 2.75) is 0 Å². The van der Waals surface area contributed by atoms with Crippen LogP contribution in [0.2, 0.25) is 0 Å². The summed E-state index contributed by atoms with van der Waals surface area (Å²) < 4.78 is 0. The third-order valence-corrected chi connectivity index (χ3v) is 1.25. The molecule has 0 unspecified atom stereocenters. The van der Waals surface area contributed by atoms with Crippen LogP contribution in [-0.4, -0.2) is 22.5 Å². The topological polar surface area (TPSA) is 62.5 Å². The Balaban J connectivity index is 2.52. The van der Waals surface area contributed by atoms with Crippen molar-refractivity contribution in [1.82, 2.24) is 9.97 Å². The number of fused-ring (bicyclic) bond motifs is 1. The molecule has 2 heterocycles. The van der Waals surface area contributed by atoms with E-state index < -0.39 is 0 Å². The summed E-state index contributed by atoms with van der Waals surface area (Å²) in [6.45, 7) is 0. The molecular weight excluding hydrogens is 142 g/mol. The van der Waals surface area contributed by atoms with Crippen molar-refractivity contribution < 1.29 is 0 Å². The van der Waals surface area contributed by atoms with Gasteiger partial charge >= 0.3 is 0 Å². The zero-order valence-electron chi connectivity index (χ0n) is 5.60. The molecule has 1 aliphatic rings. The van der Waals surface area contributed by atoms with Gasteiger partial charge in [0.1, 0.15) is 24.0 Å². The summed E-state index contributed by atoms with van der Waals surface area (Å²) in [5.74, 6) is 0. The fraction of sp³-hybridized carbons (Fsp3) is 0. The van der Waals surface area contributed by atoms with Crippen LogP contribution < -0.4 is 5.43 Å². The maximum absolute atomic E-state index is 3.98. The summed E-state index contributed by atoms with van der Waals surface area (Å²) in [6.07, 6.45) is 6.16. The van der Waals surface area contributed by atoms with Crippen molar-refractivity contribution in [3.63, 3.8) is 0 Å². The normalized spacial score (nSPS) is 13.5. The van der Waals surface area contributed by atoms with Crippen LogP contribution in [0, 0.1) is 0 Å². The number of aliphatic imine (C=N–C) groups is 1. The molecule has 11 heavy (non-hydrogen) atoms. The highest BCUT2D eigenvalue weighted by Gasteiger charge is 2.00. The van der Waals surface area contributed by atoms with Crippen molar-refractivity contribution >= 4 is 18.2 Å². The van der Waals surface area contributed by atoms with Gasteiger partial charge in [-0.25, -0.2) is 15.0 Å². The number of hydrogen-bond acceptors (Lipinski definition) is 5. The first kappa shape index (κ1) is 5.96. The lowest BCUT2D eigenvalue weighted by Crippen LogP contribution is -1.95. The summed E-state index contributed by atoms with van der Waals surface area (Å²) >= 11 is 0. The van der Waals surface area contributed by atoms with Crippen LogP contribution in [-0.2, 0) is 0 Å². The molecule has 0 saturated carbocycles. The number of anilines is 1. The Bertz CT molecular complexity index is 317. The summed E-state index contributed by atoms with van der Waals surface area (Å²) in [7, 11) is 0. The van der Waals surface area contributed by atoms with Crippen LogP contribution in [0.3, 0.4) is 0 Å². The highest BCUT2D eigenvalue weighted by molar-refractivity contribution is 5.90. The highest BCUT2D eigenvalue weighted by Crippen LogP contribution is 2.08. The molecule has 0 bridgehead atoms. The zero-order valence-corrected chi connectivity index (χ0v) is 5.60. The Hall–Kier alpha value is -1.78. The second kappa shape index (κ2) is 2.45. The lowest BCUT2D eigenvalue weighted by atomic mass is 10.4. The molecule has 1 aliphatic heterocycles. The van der Waals surface area contributed by atoms with Crippen molar-refractivity contribution in [3.05, 3.63) is 18.2 Å². The number of aromatic nitrogens is 2. The van der Waals surface area contributed by atoms with E-state index in [1.165, 1.54) is 12.7 Å². The van der Waals surface area contributed by atoms with Crippen LogP contribution in [0.5, 0.6) is 0 Å². The van der Waals surface area contributed by atoms with E-state index in [4.69, 9.17) is 0 Å². The van der Waals surface area contributed by atoms with Crippen LogP contribution in [0.15, 0.2) is 22.6 Å². The molecule has 0 fully saturated rings. The molecule has 54 valence electrons. The van der Waals surface area contributed by atoms with E-state index in [0.29, 0.717) is 0 Å². The van der Waals surface area contributed by atoms with Crippen molar-refractivity contribution in [1.29, 1.82) is 0 Å². The number of nitrogens with one attached hydrogen (secondary N) is 1. The predicted octanol–water partition coefficient (Wildman–Crippen LogP) is 0.264. The lowest BCUT2D eigenvalue weighted by Gasteiger charge is -1.98. The molecule has 5 nitrogen and oxygen atoms in total. The van der Waals surface area contributed by atoms with Gasteiger partial charge in [-0.05, 0) is 0 Å². The SMILES string of the molecule is C1=NC=NNc2cncnc21. The largest absolute Gasteiger partial charge is 0.273 e. The lowest BCUT2D eigenvalue weighted by molar-refractivity contribution is 1.14. The maximum atomic E-state index is 3.98. The van der Waals surface area contributed by atoms with Gasteiger partial charge in [-0.15, -0.1) is 0 Å². The third-order valence-electron chi connectivity index (χ3n) is 1.25. The Morgan fingerprint density at radius 3 is 3.36 bits per heavy atom. The average molecular weight is 147 g/mol. The van der Waals surface area contributed by atoms with Gasteiger partial charge in [-0.2, -0.15) is 5.10 Å². The van der Waals surface area contributed by atoms with E-state index in [2.05, 4.69) is 25.5 Å². The number of hydrazone groups is 1. The monoisotopic (exact) mass is 147 g/mol. The van der Waals surface area contributed by atoms with Crippen LogP contribution in [0.25, 0.3) is 0 Å². The van der Waals surface area contributed by atoms with E-state index in [1.807, 2.05) is 0 Å². The fourth-order valence-corrected chi connectivity index (χ4v) is 0.764. The molecule has 0 aromatic carbocycles. The van der Waals surface area contributed by atoms with E-state index in [9.17, 15) is 0 Å². The summed E-state index contributed by atoms with van der Waals surface area (Å²) in [5.41, 5.74) is 4.26. The molecule has 0 spiro atoms. The van der Waals surface area contributed by atoms with Crippen LogP contribution >= 0.6 is 0 Å². The molecule has 5 heteroatoms. The Morgan fingerprint density at radius 1 is 1.36 bits per heavy atom. The average Bonchev–Trinajstić information content (AvgIpc) is 2.28. The van der Waals surface area contributed by atoms with Gasteiger partial charge < -0.3 is 0 Å². The zero-order chi connectivity index (χ0) is 7.52. The van der Waals surface area contributed by atoms with E-state index in [1.54, 1.807) is 12.4 Å². The minimum absolute atomic E-state index is 0.748. The Kier molecular flexibility index (Phi) is 1.33. The second-order valence-electron chi connectivity index (χ2n) is 1.96. The molecule has 1 N–H and O–H groups in total. The van der Waals surface area contributed by atoms with Gasteiger partial charge in [0.25, 0.3) is 0 Å². The summed E-state index contributed by atoms with van der Waals surface area (Å²) in [5, 5.41) is 3.76. The summed E-state index contributed by atoms with van der Waals surface area (Å²) in [4.78, 5) is 11.6. The van der Waals surface area contributed by atoms with Crippen molar-refractivity contribution in [3.8, 4) is 0 Å². The van der Waals surface area contributed by atoms with Crippen LogP contribution in [0.1, 0.15) is 5.69 Å². The van der Waals surface area contributed by atoms with Gasteiger partial charge in [0.05, 0.1) is 12.4 Å². The molecule has 0 radical (unpaired) electrons. The first-order valence-corrected chi connectivity index (χ1v) is 3.07. The molecule has 1 aromatic rings. The quantitative estimate of drug-likeness (QED) is 0.572. The van der Waals surface area contributed by atoms with E-state index in [-0.39, 0.29) is 0 Å². The fourth-order valence-electron chi connectivity index (χ4n) is 0.764. The number of rotatable bonds is 0. The van der Waals surface area contributed by atoms with Gasteiger partial charge in [0.15, 0.2) is 0 Å². The molecule has 2 rings (SSSR count).